The molecular formula is C21H24N2O4S. The minimum atomic E-state index is -3.74. The number of nitrogens with one attached hydrogen (secondary N) is 1. The van der Waals surface area contributed by atoms with E-state index in [1.807, 2.05) is 18.2 Å². The predicted molar refractivity (Wildman–Crippen MR) is 107 cm³/mol. The summed E-state index contributed by atoms with van der Waals surface area (Å²) in [4.78, 5) is 13.7. The Labute approximate surface area is 165 Å². The molecule has 0 fully saturated rings. The van der Waals surface area contributed by atoms with Crippen molar-refractivity contribution in [2.75, 3.05) is 18.1 Å². The lowest BCUT2D eigenvalue weighted by Crippen LogP contribution is -2.37. The average molecular weight is 401 g/mol. The molecule has 1 N–H and O–H groups in total. The van der Waals surface area contributed by atoms with E-state index in [1.165, 1.54) is 18.6 Å². The summed E-state index contributed by atoms with van der Waals surface area (Å²) < 4.78 is 34.9. The molecular weight excluding hydrogens is 376 g/mol. The molecule has 6 nitrogen and oxygen atoms in total. The maximum Gasteiger partial charge on any atom is 0.241 e. The van der Waals surface area contributed by atoms with Crippen LogP contribution in [-0.2, 0) is 21.2 Å². The van der Waals surface area contributed by atoms with Crippen LogP contribution in [0.4, 0.5) is 5.69 Å². The van der Waals surface area contributed by atoms with Gasteiger partial charge in [-0.05, 0) is 48.9 Å². The highest BCUT2D eigenvalue weighted by atomic mass is 32.2. The summed E-state index contributed by atoms with van der Waals surface area (Å²) in [6.07, 6.45) is 2.69. The number of hydrogen-bond donors (Lipinski definition) is 1. The molecule has 1 atom stereocenters. The van der Waals surface area contributed by atoms with Crippen molar-refractivity contribution in [1.82, 2.24) is 4.72 Å². The molecule has 1 aliphatic carbocycles. The topological polar surface area (TPSA) is 75.7 Å². The van der Waals surface area contributed by atoms with Crippen molar-refractivity contribution >= 4 is 21.6 Å². The molecule has 1 amide bonds. The molecule has 0 bridgehead atoms. The van der Waals surface area contributed by atoms with Crippen LogP contribution in [0.5, 0.6) is 5.75 Å². The van der Waals surface area contributed by atoms with Gasteiger partial charge < -0.3 is 9.64 Å². The smallest absolute Gasteiger partial charge is 0.241 e. The lowest BCUT2D eigenvalue weighted by molar-refractivity contribution is -0.116. The van der Waals surface area contributed by atoms with Crippen LogP contribution in [0.15, 0.2) is 41.3 Å². The first-order valence-corrected chi connectivity index (χ1v) is 11.0. The van der Waals surface area contributed by atoms with Gasteiger partial charge in [-0.2, -0.15) is 0 Å². The molecule has 2 aliphatic rings. The van der Waals surface area contributed by atoms with Crippen molar-refractivity contribution in [2.45, 2.75) is 44.0 Å². The number of nitrogens with zero attached hydrogens (tertiary/aromatic N) is 1. The van der Waals surface area contributed by atoms with Gasteiger partial charge in [0.25, 0.3) is 0 Å². The Bertz CT molecular complexity index is 1030. The van der Waals surface area contributed by atoms with Crippen molar-refractivity contribution in [3.63, 3.8) is 0 Å². The Hall–Kier alpha value is -2.38. The summed E-state index contributed by atoms with van der Waals surface area (Å²) in [7, 11) is -3.74. The van der Waals surface area contributed by atoms with E-state index in [2.05, 4.69) is 10.8 Å². The Balaban J connectivity index is 1.68. The van der Waals surface area contributed by atoms with Crippen molar-refractivity contribution < 1.29 is 17.9 Å². The number of amides is 1. The number of anilines is 1. The predicted octanol–water partition coefficient (Wildman–Crippen LogP) is 3.10. The molecule has 2 aromatic rings. The van der Waals surface area contributed by atoms with E-state index in [-0.39, 0.29) is 16.8 Å². The molecule has 0 saturated heterocycles. The maximum absolute atomic E-state index is 13.2. The molecule has 1 unspecified atom stereocenters. The molecule has 148 valence electrons. The quantitative estimate of drug-likeness (QED) is 0.859. The number of sulfonamides is 1. The minimum absolute atomic E-state index is 0.0866. The first-order chi connectivity index (χ1) is 13.4. The number of benzene rings is 2. The first-order valence-electron chi connectivity index (χ1n) is 9.52. The van der Waals surface area contributed by atoms with Gasteiger partial charge in [0, 0.05) is 19.0 Å². The van der Waals surface area contributed by atoms with Crippen LogP contribution in [0, 0.1) is 6.92 Å². The molecule has 1 aliphatic heterocycles. The number of carbonyl (C=O) groups excluding carboxylic acids is 1. The second kappa shape index (κ2) is 7.22. The van der Waals surface area contributed by atoms with Crippen LogP contribution in [0.3, 0.4) is 0 Å². The van der Waals surface area contributed by atoms with Crippen molar-refractivity contribution in [2.24, 2.45) is 0 Å². The summed E-state index contributed by atoms with van der Waals surface area (Å²) in [5, 5.41) is 0. The molecule has 0 saturated carbocycles. The Morgan fingerprint density at radius 1 is 1.25 bits per heavy atom. The number of ether oxygens (including phenoxy) is 1. The van der Waals surface area contributed by atoms with Gasteiger partial charge in [0.1, 0.15) is 12.4 Å². The lowest BCUT2D eigenvalue weighted by atomic mass is 9.88. The van der Waals surface area contributed by atoms with Gasteiger partial charge in [0.2, 0.25) is 15.9 Å². The van der Waals surface area contributed by atoms with Gasteiger partial charge in [0.05, 0.1) is 17.1 Å². The zero-order valence-electron chi connectivity index (χ0n) is 16.1. The Kier molecular flexibility index (Phi) is 4.89. The minimum Gasteiger partial charge on any atom is -0.489 e. The standard InChI is InChI=1S/C21H24N2O4S/c1-14-12-19-20(27-11-10-23(19)15(2)24)13-21(14)28(25,26)22-18-9-5-7-16-6-3-4-8-17(16)18/h3-4,6,8,12-13,18,22H,5,7,9-11H2,1-2H3. The fourth-order valence-corrected chi connectivity index (χ4v) is 5.58. The van der Waals surface area contributed by atoms with Crippen molar-refractivity contribution in [3.8, 4) is 5.75 Å². The third-order valence-corrected chi connectivity index (χ3v) is 7.07. The first kappa shape index (κ1) is 19.0. The second-order valence-electron chi connectivity index (χ2n) is 7.37. The van der Waals surface area contributed by atoms with E-state index >= 15 is 0 Å². The van der Waals surface area contributed by atoms with E-state index in [4.69, 9.17) is 4.74 Å². The molecule has 0 aromatic heterocycles. The van der Waals surface area contributed by atoms with E-state index in [9.17, 15) is 13.2 Å². The summed E-state index contributed by atoms with van der Waals surface area (Å²) in [5.41, 5.74) is 3.46. The number of carbonyl (C=O) groups is 1. The van der Waals surface area contributed by atoms with Gasteiger partial charge >= 0.3 is 0 Å². The number of fused-ring (bicyclic) bond motifs is 2. The van der Waals surface area contributed by atoms with Crippen molar-refractivity contribution in [1.29, 1.82) is 0 Å². The number of hydrogen-bond acceptors (Lipinski definition) is 4. The Morgan fingerprint density at radius 3 is 2.82 bits per heavy atom. The third-order valence-electron chi connectivity index (χ3n) is 5.46. The molecule has 1 heterocycles. The van der Waals surface area contributed by atoms with E-state index < -0.39 is 10.0 Å². The fourth-order valence-electron chi connectivity index (χ4n) is 4.09. The van der Waals surface area contributed by atoms with Crippen LogP contribution in [0.2, 0.25) is 0 Å². The second-order valence-corrected chi connectivity index (χ2v) is 9.05. The van der Waals surface area contributed by atoms with Gasteiger partial charge in [-0.3, -0.25) is 4.79 Å². The number of rotatable bonds is 3. The zero-order chi connectivity index (χ0) is 19.9. The molecule has 2 aromatic carbocycles. The third kappa shape index (κ3) is 3.40. The lowest BCUT2D eigenvalue weighted by Gasteiger charge is -2.30. The highest BCUT2D eigenvalue weighted by Crippen LogP contribution is 2.37. The molecule has 7 heteroatoms. The van der Waals surface area contributed by atoms with E-state index in [0.717, 1.165) is 24.8 Å². The molecule has 28 heavy (non-hydrogen) atoms. The van der Waals surface area contributed by atoms with Crippen molar-refractivity contribution in [3.05, 3.63) is 53.1 Å². The van der Waals surface area contributed by atoms with Gasteiger partial charge in [-0.25, -0.2) is 13.1 Å². The summed E-state index contributed by atoms with van der Waals surface area (Å²) in [6.45, 7) is 4.05. The SMILES string of the molecule is CC(=O)N1CCOc2cc(S(=O)(=O)NC3CCCc4ccccc43)c(C)cc21. The summed E-state index contributed by atoms with van der Waals surface area (Å²) >= 11 is 0. The monoisotopic (exact) mass is 400 g/mol. The Morgan fingerprint density at radius 2 is 2.04 bits per heavy atom. The van der Waals surface area contributed by atoms with Crippen LogP contribution in [0.25, 0.3) is 0 Å². The maximum atomic E-state index is 13.2. The van der Waals surface area contributed by atoms with Crippen LogP contribution in [0.1, 0.15) is 42.5 Å². The highest BCUT2D eigenvalue weighted by molar-refractivity contribution is 7.89. The number of aryl methyl sites for hydroxylation is 2. The molecule has 0 spiro atoms. The van der Waals surface area contributed by atoms with Gasteiger partial charge in [-0.1, -0.05) is 24.3 Å². The van der Waals surface area contributed by atoms with Crippen LogP contribution in [-0.4, -0.2) is 27.5 Å². The van der Waals surface area contributed by atoms with Gasteiger partial charge in [-0.15, -0.1) is 0 Å². The summed E-state index contributed by atoms with van der Waals surface area (Å²) in [6, 6.07) is 11.0. The molecule has 0 radical (unpaired) electrons. The largest absolute Gasteiger partial charge is 0.489 e. The van der Waals surface area contributed by atoms with Crippen LogP contribution < -0.4 is 14.4 Å². The van der Waals surface area contributed by atoms with Gasteiger partial charge in [0.15, 0.2) is 0 Å². The summed E-state index contributed by atoms with van der Waals surface area (Å²) in [5.74, 6) is 0.341. The average Bonchev–Trinajstić information content (AvgIpc) is 2.67. The van der Waals surface area contributed by atoms with E-state index in [0.29, 0.717) is 30.2 Å². The van der Waals surface area contributed by atoms with Crippen LogP contribution >= 0.6 is 0 Å². The normalized spacial score (nSPS) is 18.8. The van der Waals surface area contributed by atoms with E-state index in [1.54, 1.807) is 17.9 Å². The highest BCUT2D eigenvalue weighted by Gasteiger charge is 2.29. The fraction of sp³-hybridized carbons (Fsp3) is 0.381. The zero-order valence-corrected chi connectivity index (χ0v) is 16.9. The molecule has 4 rings (SSSR count).